The Balaban J connectivity index is 2.00. The zero-order valence-corrected chi connectivity index (χ0v) is 12.2. The summed E-state index contributed by atoms with van der Waals surface area (Å²) in [6.45, 7) is 2.99. The zero-order valence-electron chi connectivity index (χ0n) is 12.2. The van der Waals surface area contributed by atoms with Crippen LogP contribution in [0, 0.1) is 17.7 Å². The van der Waals surface area contributed by atoms with Crippen molar-refractivity contribution in [3.8, 4) is 11.8 Å². The molecule has 1 unspecified atom stereocenters. The van der Waals surface area contributed by atoms with Gasteiger partial charge in [0, 0.05) is 36.8 Å². The van der Waals surface area contributed by atoms with E-state index in [9.17, 15) is 4.39 Å². The maximum atomic E-state index is 14.1. The topological polar surface area (TPSA) is 32.5 Å². The van der Waals surface area contributed by atoms with Crippen LogP contribution in [0.2, 0.25) is 0 Å². The third kappa shape index (κ3) is 3.80. The van der Waals surface area contributed by atoms with Crippen LogP contribution in [-0.2, 0) is 6.54 Å². The maximum absolute atomic E-state index is 14.1. The van der Waals surface area contributed by atoms with E-state index < -0.39 is 0 Å². The Morgan fingerprint density at radius 2 is 2.25 bits per heavy atom. The molecule has 0 bridgehead atoms. The Labute approximate surface area is 120 Å². The predicted octanol–water partition coefficient (Wildman–Crippen LogP) is 1.27. The van der Waals surface area contributed by atoms with Gasteiger partial charge in [-0.2, -0.15) is 0 Å². The normalized spacial score (nSPS) is 19.1. The van der Waals surface area contributed by atoms with Gasteiger partial charge in [-0.3, -0.25) is 4.90 Å². The van der Waals surface area contributed by atoms with Gasteiger partial charge in [0.25, 0.3) is 0 Å². The van der Waals surface area contributed by atoms with Crippen LogP contribution >= 0.6 is 0 Å². The van der Waals surface area contributed by atoms with Gasteiger partial charge in [0.05, 0.1) is 6.54 Å². The Bertz CT molecular complexity index is 516. The third-order valence-corrected chi connectivity index (χ3v) is 3.76. The molecule has 1 saturated heterocycles. The number of hydrogen-bond acceptors (Lipinski definition) is 3. The SMILES string of the molecule is CN(C)C1CCN(Cc2ccc(C#CCN)cc2F)C1. The fraction of sp³-hybridized carbons (Fsp3) is 0.500. The molecule has 4 heteroatoms. The molecule has 108 valence electrons. The van der Waals surface area contributed by atoms with E-state index in [0.29, 0.717) is 24.7 Å². The van der Waals surface area contributed by atoms with Crippen LogP contribution in [0.5, 0.6) is 0 Å². The summed E-state index contributed by atoms with van der Waals surface area (Å²) in [5.41, 5.74) is 6.74. The molecule has 1 atom stereocenters. The van der Waals surface area contributed by atoms with Crippen molar-refractivity contribution < 1.29 is 4.39 Å². The second-order valence-corrected chi connectivity index (χ2v) is 5.45. The molecule has 1 aromatic rings. The third-order valence-electron chi connectivity index (χ3n) is 3.76. The highest BCUT2D eigenvalue weighted by molar-refractivity contribution is 5.37. The highest BCUT2D eigenvalue weighted by Crippen LogP contribution is 2.18. The van der Waals surface area contributed by atoms with Gasteiger partial charge in [0.2, 0.25) is 0 Å². The lowest BCUT2D eigenvalue weighted by Crippen LogP contribution is -2.31. The van der Waals surface area contributed by atoms with E-state index in [-0.39, 0.29) is 5.82 Å². The summed E-state index contributed by atoms with van der Waals surface area (Å²) in [6, 6.07) is 5.77. The van der Waals surface area contributed by atoms with E-state index in [1.807, 2.05) is 12.1 Å². The summed E-state index contributed by atoms with van der Waals surface area (Å²) in [7, 11) is 4.19. The molecule has 0 saturated carbocycles. The quantitative estimate of drug-likeness (QED) is 0.843. The molecule has 1 heterocycles. The molecule has 1 aliphatic heterocycles. The van der Waals surface area contributed by atoms with Crippen molar-refractivity contribution >= 4 is 0 Å². The van der Waals surface area contributed by atoms with Crippen molar-refractivity contribution in [2.45, 2.75) is 19.0 Å². The first kappa shape index (κ1) is 15.0. The van der Waals surface area contributed by atoms with E-state index in [1.54, 1.807) is 0 Å². The van der Waals surface area contributed by atoms with Crippen LogP contribution in [-0.4, -0.2) is 49.6 Å². The number of benzene rings is 1. The van der Waals surface area contributed by atoms with E-state index >= 15 is 0 Å². The van der Waals surface area contributed by atoms with Gasteiger partial charge in [-0.1, -0.05) is 17.9 Å². The number of nitrogens with zero attached hydrogens (tertiary/aromatic N) is 2. The number of hydrogen-bond donors (Lipinski definition) is 1. The monoisotopic (exact) mass is 275 g/mol. The Morgan fingerprint density at radius 3 is 2.85 bits per heavy atom. The molecule has 2 rings (SSSR count). The first-order valence-corrected chi connectivity index (χ1v) is 6.96. The van der Waals surface area contributed by atoms with Crippen LogP contribution in [0.15, 0.2) is 18.2 Å². The fourth-order valence-corrected chi connectivity index (χ4v) is 2.52. The van der Waals surface area contributed by atoms with Crippen LogP contribution in [0.3, 0.4) is 0 Å². The smallest absolute Gasteiger partial charge is 0.128 e. The number of halogens is 1. The van der Waals surface area contributed by atoms with Crippen molar-refractivity contribution in [1.82, 2.24) is 9.80 Å². The van der Waals surface area contributed by atoms with Gasteiger partial charge in [0.1, 0.15) is 5.82 Å². The van der Waals surface area contributed by atoms with Crippen LogP contribution in [0.4, 0.5) is 4.39 Å². The number of nitrogens with two attached hydrogens (primary N) is 1. The predicted molar refractivity (Wildman–Crippen MR) is 79.7 cm³/mol. The maximum Gasteiger partial charge on any atom is 0.128 e. The highest BCUT2D eigenvalue weighted by Gasteiger charge is 2.24. The number of likely N-dealkylation sites (N-methyl/N-ethyl adjacent to an activating group) is 1. The molecule has 0 aliphatic carbocycles. The van der Waals surface area contributed by atoms with E-state index in [4.69, 9.17) is 5.73 Å². The summed E-state index contributed by atoms with van der Waals surface area (Å²) in [5.74, 6) is 5.41. The molecule has 1 fully saturated rings. The summed E-state index contributed by atoms with van der Waals surface area (Å²) >= 11 is 0. The van der Waals surface area contributed by atoms with Gasteiger partial charge < -0.3 is 10.6 Å². The summed E-state index contributed by atoms with van der Waals surface area (Å²) < 4.78 is 14.1. The van der Waals surface area contributed by atoms with Gasteiger partial charge in [-0.25, -0.2) is 4.39 Å². The lowest BCUT2D eigenvalue weighted by atomic mass is 10.1. The minimum atomic E-state index is -0.179. The molecule has 1 aromatic carbocycles. The molecule has 0 amide bonds. The molecule has 1 aliphatic rings. The fourth-order valence-electron chi connectivity index (χ4n) is 2.52. The second-order valence-electron chi connectivity index (χ2n) is 5.45. The first-order valence-electron chi connectivity index (χ1n) is 6.96. The van der Waals surface area contributed by atoms with Gasteiger partial charge >= 0.3 is 0 Å². The first-order chi connectivity index (χ1) is 9.60. The lowest BCUT2D eigenvalue weighted by molar-refractivity contribution is 0.263. The lowest BCUT2D eigenvalue weighted by Gasteiger charge is -2.20. The van der Waals surface area contributed by atoms with Crippen LogP contribution in [0.25, 0.3) is 0 Å². The standard InChI is InChI=1S/C16H22FN3/c1-19(2)15-7-9-20(12-15)11-14-6-5-13(4-3-8-18)10-16(14)17/h5-6,10,15H,7-9,11-12,18H2,1-2H3. The summed E-state index contributed by atoms with van der Waals surface area (Å²) in [5, 5.41) is 0. The highest BCUT2D eigenvalue weighted by atomic mass is 19.1. The van der Waals surface area contributed by atoms with Crippen molar-refractivity contribution in [3.63, 3.8) is 0 Å². The van der Waals surface area contributed by atoms with Crippen molar-refractivity contribution in [2.75, 3.05) is 33.7 Å². The number of likely N-dealkylation sites (tertiary alicyclic amines) is 1. The summed E-state index contributed by atoms with van der Waals surface area (Å²) in [6.07, 6.45) is 1.15. The van der Waals surface area contributed by atoms with Crippen molar-refractivity contribution in [3.05, 3.63) is 35.1 Å². The average molecular weight is 275 g/mol. The number of rotatable bonds is 3. The minimum absolute atomic E-state index is 0.179. The van der Waals surface area contributed by atoms with E-state index in [1.165, 1.54) is 6.07 Å². The zero-order chi connectivity index (χ0) is 14.5. The van der Waals surface area contributed by atoms with Crippen molar-refractivity contribution in [2.24, 2.45) is 5.73 Å². The van der Waals surface area contributed by atoms with E-state index in [2.05, 4.69) is 35.7 Å². The molecule has 0 radical (unpaired) electrons. The molecule has 0 spiro atoms. The van der Waals surface area contributed by atoms with Crippen LogP contribution < -0.4 is 5.73 Å². The molecular weight excluding hydrogens is 253 g/mol. The summed E-state index contributed by atoms with van der Waals surface area (Å²) in [4.78, 5) is 4.54. The molecule has 3 nitrogen and oxygen atoms in total. The second kappa shape index (κ2) is 6.85. The minimum Gasteiger partial charge on any atom is -0.320 e. The van der Waals surface area contributed by atoms with Gasteiger partial charge in [-0.15, -0.1) is 0 Å². The van der Waals surface area contributed by atoms with E-state index in [0.717, 1.165) is 25.1 Å². The van der Waals surface area contributed by atoms with Crippen molar-refractivity contribution in [1.29, 1.82) is 0 Å². The Morgan fingerprint density at radius 1 is 1.45 bits per heavy atom. The molecule has 2 N–H and O–H groups in total. The van der Waals surface area contributed by atoms with Crippen LogP contribution in [0.1, 0.15) is 17.5 Å². The largest absolute Gasteiger partial charge is 0.320 e. The molecular formula is C16H22FN3. The Hall–Kier alpha value is -1.41. The molecule has 20 heavy (non-hydrogen) atoms. The molecule has 0 aromatic heterocycles. The average Bonchev–Trinajstić information content (AvgIpc) is 2.88. The van der Waals surface area contributed by atoms with Gasteiger partial charge in [-0.05, 0) is 32.6 Å². The Kier molecular flexibility index (Phi) is 5.13. The van der Waals surface area contributed by atoms with Gasteiger partial charge in [0.15, 0.2) is 0 Å².